The normalized spacial score (nSPS) is 35.0. The Labute approximate surface area is 76.8 Å². The monoisotopic (exact) mass is 185 g/mol. The van der Waals surface area contributed by atoms with Gasteiger partial charge in [-0.05, 0) is 6.42 Å². The van der Waals surface area contributed by atoms with E-state index < -0.39 is 0 Å². The molecule has 1 saturated heterocycles. The molecule has 1 nitrogen and oxygen atoms in total. The summed E-state index contributed by atoms with van der Waals surface area (Å²) in [4.78, 5) is 3.36. The van der Waals surface area contributed by atoms with Gasteiger partial charge in [-0.2, -0.15) is 0 Å². The molecule has 0 radical (unpaired) electrons. The molecule has 3 heteroatoms. The fourth-order valence-electron chi connectivity index (χ4n) is 1.59. The van der Waals surface area contributed by atoms with E-state index in [1.54, 1.807) is 0 Å². The second kappa shape index (κ2) is 2.79. The number of fused-ring (bicyclic) bond motifs is 1. The van der Waals surface area contributed by atoms with Crippen LogP contribution < -0.4 is 0 Å². The quantitative estimate of drug-likeness (QED) is 0.577. The van der Waals surface area contributed by atoms with Gasteiger partial charge in [-0.25, -0.2) is 0 Å². The SMILES string of the molecule is CCC1C(=S)N2C=CCS[C@@H]12. The van der Waals surface area contributed by atoms with Gasteiger partial charge in [0.15, 0.2) is 0 Å². The van der Waals surface area contributed by atoms with Gasteiger partial charge in [0, 0.05) is 17.9 Å². The molecule has 0 bridgehead atoms. The maximum absolute atomic E-state index is 5.26. The van der Waals surface area contributed by atoms with Gasteiger partial charge in [-0.1, -0.05) is 25.2 Å². The van der Waals surface area contributed by atoms with Crippen molar-refractivity contribution in [1.82, 2.24) is 4.90 Å². The number of thiocarbonyl (C=S) groups is 1. The Hall–Kier alpha value is -0.0200. The fourth-order valence-corrected chi connectivity index (χ4v) is 3.51. The Morgan fingerprint density at radius 2 is 2.64 bits per heavy atom. The first-order chi connectivity index (χ1) is 5.34. The maximum atomic E-state index is 5.26. The molecule has 0 spiro atoms. The van der Waals surface area contributed by atoms with Gasteiger partial charge >= 0.3 is 0 Å². The lowest BCUT2D eigenvalue weighted by molar-refractivity contribution is 0.331. The standard InChI is InChI=1S/C8H11NS2/c1-2-6-7(10)9-4-3-5-11-8(6)9/h3-4,6,8H,2,5H2,1H3/t6?,8-/m0/s1. The molecule has 11 heavy (non-hydrogen) atoms. The van der Waals surface area contributed by atoms with Crippen LogP contribution in [0.15, 0.2) is 12.3 Å². The molecule has 2 atom stereocenters. The molecule has 0 aromatic carbocycles. The predicted octanol–water partition coefficient (Wildman–Crippen LogP) is 2.24. The summed E-state index contributed by atoms with van der Waals surface area (Å²) in [5.41, 5.74) is 0. The molecule has 0 N–H and O–H groups in total. The van der Waals surface area contributed by atoms with Crippen molar-refractivity contribution in [1.29, 1.82) is 0 Å². The lowest BCUT2D eigenvalue weighted by Gasteiger charge is -2.49. The maximum Gasteiger partial charge on any atom is 0.0892 e. The van der Waals surface area contributed by atoms with Crippen LogP contribution in [-0.4, -0.2) is 21.0 Å². The minimum absolute atomic E-state index is 0.664. The molecule has 2 aliphatic heterocycles. The molecule has 0 aliphatic carbocycles. The third kappa shape index (κ3) is 1.02. The number of nitrogens with zero attached hydrogens (tertiary/aromatic N) is 1. The van der Waals surface area contributed by atoms with Crippen LogP contribution in [0, 0.1) is 5.92 Å². The third-order valence-corrected chi connectivity index (χ3v) is 4.05. The minimum Gasteiger partial charge on any atom is -0.329 e. The first-order valence-electron chi connectivity index (χ1n) is 3.95. The van der Waals surface area contributed by atoms with Gasteiger partial charge in [0.25, 0.3) is 0 Å². The van der Waals surface area contributed by atoms with Crippen LogP contribution in [0.4, 0.5) is 0 Å². The average molecular weight is 185 g/mol. The molecule has 2 aliphatic rings. The van der Waals surface area contributed by atoms with E-state index in [1.807, 2.05) is 11.8 Å². The predicted molar refractivity (Wildman–Crippen MR) is 53.6 cm³/mol. The lowest BCUT2D eigenvalue weighted by Crippen LogP contribution is -2.56. The molecular formula is C8H11NS2. The number of hydrogen-bond acceptors (Lipinski definition) is 2. The Balaban J connectivity index is 2.12. The molecule has 1 fully saturated rings. The van der Waals surface area contributed by atoms with Gasteiger partial charge < -0.3 is 4.90 Å². The van der Waals surface area contributed by atoms with E-state index >= 15 is 0 Å². The van der Waals surface area contributed by atoms with Gasteiger partial charge in [0.1, 0.15) is 0 Å². The summed E-state index contributed by atoms with van der Waals surface area (Å²) in [6.45, 7) is 2.22. The Morgan fingerprint density at radius 1 is 1.82 bits per heavy atom. The van der Waals surface area contributed by atoms with Crippen LogP contribution >= 0.6 is 24.0 Å². The Morgan fingerprint density at radius 3 is 3.36 bits per heavy atom. The summed E-state index contributed by atoms with van der Waals surface area (Å²) in [6, 6.07) is 0. The second-order valence-corrected chi connectivity index (χ2v) is 4.44. The zero-order chi connectivity index (χ0) is 7.84. The first-order valence-corrected chi connectivity index (χ1v) is 5.40. The first kappa shape index (κ1) is 7.62. The van der Waals surface area contributed by atoms with Crippen LogP contribution in [0.5, 0.6) is 0 Å². The van der Waals surface area contributed by atoms with Crippen LogP contribution in [0.3, 0.4) is 0 Å². The van der Waals surface area contributed by atoms with Crippen LogP contribution in [-0.2, 0) is 0 Å². The third-order valence-electron chi connectivity index (χ3n) is 2.26. The summed E-state index contributed by atoms with van der Waals surface area (Å²) in [7, 11) is 0. The van der Waals surface area contributed by atoms with Crippen LogP contribution in [0.25, 0.3) is 0 Å². The van der Waals surface area contributed by atoms with Gasteiger partial charge in [-0.15, -0.1) is 11.8 Å². The number of hydrogen-bond donors (Lipinski definition) is 0. The topological polar surface area (TPSA) is 3.24 Å². The molecule has 1 unspecified atom stereocenters. The highest BCUT2D eigenvalue weighted by atomic mass is 32.2. The van der Waals surface area contributed by atoms with Crippen molar-refractivity contribution in [2.24, 2.45) is 5.92 Å². The summed E-state index contributed by atoms with van der Waals surface area (Å²) < 4.78 is 0. The van der Waals surface area contributed by atoms with E-state index in [1.165, 1.54) is 6.42 Å². The van der Waals surface area contributed by atoms with Gasteiger partial charge in [-0.3, -0.25) is 0 Å². The van der Waals surface area contributed by atoms with Crippen molar-refractivity contribution in [3.63, 3.8) is 0 Å². The second-order valence-electron chi connectivity index (χ2n) is 2.87. The highest BCUT2D eigenvalue weighted by Gasteiger charge is 2.42. The smallest absolute Gasteiger partial charge is 0.0892 e. The molecule has 0 aromatic rings. The van der Waals surface area contributed by atoms with E-state index in [0.29, 0.717) is 11.3 Å². The zero-order valence-electron chi connectivity index (χ0n) is 6.49. The van der Waals surface area contributed by atoms with E-state index in [0.717, 1.165) is 10.7 Å². The van der Waals surface area contributed by atoms with Crippen LogP contribution in [0.1, 0.15) is 13.3 Å². The van der Waals surface area contributed by atoms with E-state index in [2.05, 4.69) is 24.1 Å². The van der Waals surface area contributed by atoms with Crippen molar-refractivity contribution in [2.45, 2.75) is 18.7 Å². The molecule has 2 heterocycles. The molecule has 2 rings (SSSR count). The summed E-state index contributed by atoms with van der Waals surface area (Å²) >= 11 is 7.26. The molecular weight excluding hydrogens is 174 g/mol. The van der Waals surface area contributed by atoms with Crippen molar-refractivity contribution in [2.75, 3.05) is 5.75 Å². The lowest BCUT2D eigenvalue weighted by atomic mass is 9.97. The Kier molecular flexibility index (Phi) is 1.93. The highest BCUT2D eigenvalue weighted by molar-refractivity contribution is 8.00. The molecule has 60 valence electrons. The van der Waals surface area contributed by atoms with Crippen molar-refractivity contribution in [3.8, 4) is 0 Å². The largest absolute Gasteiger partial charge is 0.329 e. The van der Waals surface area contributed by atoms with Gasteiger partial charge in [0.05, 0.1) is 10.4 Å². The van der Waals surface area contributed by atoms with Crippen molar-refractivity contribution < 1.29 is 0 Å². The van der Waals surface area contributed by atoms with E-state index in [-0.39, 0.29) is 0 Å². The molecule has 0 amide bonds. The van der Waals surface area contributed by atoms with Crippen molar-refractivity contribution >= 4 is 29.0 Å². The fraction of sp³-hybridized carbons (Fsp3) is 0.625. The Bertz CT molecular complexity index is 212. The van der Waals surface area contributed by atoms with E-state index in [9.17, 15) is 0 Å². The summed E-state index contributed by atoms with van der Waals surface area (Å²) in [6.07, 6.45) is 5.51. The van der Waals surface area contributed by atoms with Crippen LogP contribution in [0.2, 0.25) is 0 Å². The highest BCUT2D eigenvalue weighted by Crippen LogP contribution is 2.40. The molecule has 0 aromatic heterocycles. The minimum atomic E-state index is 0.664. The van der Waals surface area contributed by atoms with Gasteiger partial charge in [0.2, 0.25) is 0 Å². The number of rotatable bonds is 1. The summed E-state index contributed by atoms with van der Waals surface area (Å²) in [5.74, 6) is 1.82. The average Bonchev–Trinajstić information content (AvgIpc) is 2.05. The summed E-state index contributed by atoms with van der Waals surface area (Å²) in [5, 5.41) is 0.664. The van der Waals surface area contributed by atoms with E-state index in [4.69, 9.17) is 12.2 Å². The number of thioether (sulfide) groups is 1. The zero-order valence-corrected chi connectivity index (χ0v) is 8.12. The van der Waals surface area contributed by atoms with Crippen molar-refractivity contribution in [3.05, 3.63) is 12.3 Å². The molecule has 0 saturated carbocycles.